The lowest BCUT2D eigenvalue weighted by Gasteiger charge is -2.36. The Bertz CT molecular complexity index is 987. The van der Waals surface area contributed by atoms with Crippen molar-refractivity contribution in [1.82, 2.24) is 29.5 Å². The van der Waals surface area contributed by atoms with E-state index in [1.54, 1.807) is 0 Å². The van der Waals surface area contributed by atoms with Crippen molar-refractivity contribution in [1.29, 1.82) is 0 Å². The standard InChI is InChI=1S/C19H24N8/c1-3-16-23-24-19-18(20-7-8-27(16)19)26-11-9-25(10-12-26)17-14-5-4-6-15(14)21-13(2)22-17/h7-8H,3-6,9-12H2,1-2H3. The number of hydrogen-bond donors (Lipinski definition) is 0. The fourth-order valence-electron chi connectivity index (χ4n) is 4.25. The van der Waals surface area contributed by atoms with Crippen molar-refractivity contribution in [3.63, 3.8) is 0 Å². The fraction of sp³-hybridized carbons (Fsp3) is 0.526. The Kier molecular flexibility index (Phi) is 3.91. The smallest absolute Gasteiger partial charge is 0.203 e. The zero-order valence-corrected chi connectivity index (χ0v) is 15.9. The first-order valence-electron chi connectivity index (χ1n) is 9.79. The molecule has 0 radical (unpaired) electrons. The predicted octanol–water partition coefficient (Wildman–Crippen LogP) is 1.60. The normalized spacial score (nSPS) is 17.0. The second kappa shape index (κ2) is 6.44. The summed E-state index contributed by atoms with van der Waals surface area (Å²) < 4.78 is 2.05. The van der Waals surface area contributed by atoms with Crippen LogP contribution in [0.25, 0.3) is 5.65 Å². The van der Waals surface area contributed by atoms with Crippen molar-refractivity contribution in [2.75, 3.05) is 36.0 Å². The summed E-state index contributed by atoms with van der Waals surface area (Å²) in [5.74, 6) is 3.93. The molecule has 0 saturated carbocycles. The van der Waals surface area contributed by atoms with Gasteiger partial charge in [0, 0.05) is 56.3 Å². The van der Waals surface area contributed by atoms with E-state index in [1.165, 1.54) is 17.7 Å². The van der Waals surface area contributed by atoms with Gasteiger partial charge >= 0.3 is 0 Å². The zero-order valence-electron chi connectivity index (χ0n) is 15.9. The highest BCUT2D eigenvalue weighted by Crippen LogP contribution is 2.30. The van der Waals surface area contributed by atoms with E-state index in [1.807, 2.05) is 19.3 Å². The summed E-state index contributed by atoms with van der Waals surface area (Å²) in [4.78, 5) is 18.8. The minimum atomic E-state index is 0.849. The molecule has 1 aliphatic heterocycles. The van der Waals surface area contributed by atoms with Crippen molar-refractivity contribution >= 4 is 17.3 Å². The van der Waals surface area contributed by atoms with Crippen molar-refractivity contribution in [2.24, 2.45) is 0 Å². The Labute approximate surface area is 158 Å². The van der Waals surface area contributed by atoms with E-state index >= 15 is 0 Å². The number of aromatic nitrogens is 6. The van der Waals surface area contributed by atoms with Gasteiger partial charge in [-0.2, -0.15) is 0 Å². The summed E-state index contributed by atoms with van der Waals surface area (Å²) in [7, 11) is 0. The highest BCUT2D eigenvalue weighted by molar-refractivity contribution is 5.64. The zero-order chi connectivity index (χ0) is 18.4. The van der Waals surface area contributed by atoms with Gasteiger partial charge in [0.2, 0.25) is 5.65 Å². The molecule has 0 amide bonds. The summed E-state index contributed by atoms with van der Waals surface area (Å²) in [5.41, 5.74) is 3.46. The highest BCUT2D eigenvalue weighted by atomic mass is 15.3. The first kappa shape index (κ1) is 16.4. The average molecular weight is 364 g/mol. The second-order valence-electron chi connectivity index (χ2n) is 7.26. The van der Waals surface area contributed by atoms with Crippen LogP contribution < -0.4 is 9.80 Å². The van der Waals surface area contributed by atoms with Crippen molar-refractivity contribution in [3.8, 4) is 0 Å². The minimum Gasteiger partial charge on any atom is -0.353 e. The van der Waals surface area contributed by atoms with Gasteiger partial charge in [-0.3, -0.25) is 4.40 Å². The predicted molar refractivity (Wildman–Crippen MR) is 103 cm³/mol. The first-order chi connectivity index (χ1) is 13.2. The second-order valence-corrected chi connectivity index (χ2v) is 7.26. The molecule has 8 heteroatoms. The molecule has 0 unspecified atom stereocenters. The van der Waals surface area contributed by atoms with Crippen molar-refractivity contribution in [2.45, 2.75) is 39.5 Å². The van der Waals surface area contributed by atoms with Crippen LogP contribution in [0.3, 0.4) is 0 Å². The molecule has 1 aliphatic carbocycles. The maximum Gasteiger partial charge on any atom is 0.203 e. The van der Waals surface area contributed by atoms with Crippen LogP contribution in [0.5, 0.6) is 0 Å². The van der Waals surface area contributed by atoms with E-state index in [0.29, 0.717) is 0 Å². The SMILES string of the molecule is CCc1nnc2c(N3CCN(c4nc(C)nc5c4CCC5)CC3)nccn12. The Hall–Kier alpha value is -2.77. The van der Waals surface area contributed by atoms with Gasteiger partial charge in [-0.05, 0) is 26.2 Å². The van der Waals surface area contributed by atoms with Crippen LogP contribution >= 0.6 is 0 Å². The molecule has 0 atom stereocenters. The highest BCUT2D eigenvalue weighted by Gasteiger charge is 2.26. The maximum atomic E-state index is 4.78. The van der Waals surface area contributed by atoms with Gasteiger partial charge in [0.05, 0.1) is 0 Å². The summed E-state index contributed by atoms with van der Waals surface area (Å²) in [6.07, 6.45) is 8.03. The van der Waals surface area contributed by atoms with E-state index in [9.17, 15) is 0 Å². The van der Waals surface area contributed by atoms with Gasteiger partial charge in [0.25, 0.3) is 0 Å². The Morgan fingerprint density at radius 2 is 1.74 bits per heavy atom. The molecule has 1 fully saturated rings. The third-order valence-corrected chi connectivity index (χ3v) is 5.60. The number of fused-ring (bicyclic) bond motifs is 2. The van der Waals surface area contributed by atoms with E-state index in [0.717, 1.165) is 74.4 Å². The summed E-state index contributed by atoms with van der Waals surface area (Å²) in [5, 5.41) is 8.68. The van der Waals surface area contributed by atoms with E-state index in [4.69, 9.17) is 4.98 Å². The molecule has 1 saturated heterocycles. The Morgan fingerprint density at radius 3 is 2.52 bits per heavy atom. The van der Waals surface area contributed by atoms with Crippen molar-refractivity contribution < 1.29 is 0 Å². The molecule has 0 aromatic carbocycles. The molecule has 27 heavy (non-hydrogen) atoms. The van der Waals surface area contributed by atoms with Gasteiger partial charge in [-0.1, -0.05) is 6.92 Å². The lowest BCUT2D eigenvalue weighted by atomic mass is 10.2. The lowest BCUT2D eigenvalue weighted by Crippen LogP contribution is -2.47. The van der Waals surface area contributed by atoms with E-state index < -0.39 is 0 Å². The van der Waals surface area contributed by atoms with Gasteiger partial charge in [0.15, 0.2) is 5.82 Å². The van der Waals surface area contributed by atoms with Crippen LogP contribution in [0.4, 0.5) is 11.6 Å². The monoisotopic (exact) mass is 364 g/mol. The molecular weight excluding hydrogens is 340 g/mol. The number of anilines is 2. The quantitative estimate of drug-likeness (QED) is 0.699. The van der Waals surface area contributed by atoms with Crippen molar-refractivity contribution in [3.05, 3.63) is 35.3 Å². The van der Waals surface area contributed by atoms with E-state index in [2.05, 4.69) is 41.3 Å². The molecule has 3 aromatic rings. The molecule has 3 aromatic heterocycles. The third-order valence-electron chi connectivity index (χ3n) is 5.60. The maximum absolute atomic E-state index is 4.78. The molecule has 0 bridgehead atoms. The van der Waals surface area contributed by atoms with Crippen LogP contribution in [0, 0.1) is 6.92 Å². The van der Waals surface area contributed by atoms with Crippen LogP contribution in [-0.4, -0.2) is 55.7 Å². The molecule has 5 rings (SSSR count). The summed E-state index contributed by atoms with van der Waals surface area (Å²) in [6.45, 7) is 7.76. The Morgan fingerprint density at radius 1 is 0.963 bits per heavy atom. The van der Waals surface area contributed by atoms with E-state index in [-0.39, 0.29) is 0 Å². The summed E-state index contributed by atoms with van der Waals surface area (Å²) in [6, 6.07) is 0. The van der Waals surface area contributed by atoms with Crippen LogP contribution in [0.1, 0.15) is 36.3 Å². The van der Waals surface area contributed by atoms with Gasteiger partial charge in [-0.25, -0.2) is 15.0 Å². The topological polar surface area (TPSA) is 75.3 Å². The molecule has 0 N–H and O–H groups in total. The number of hydrogen-bond acceptors (Lipinski definition) is 7. The first-order valence-corrected chi connectivity index (χ1v) is 9.79. The molecular formula is C19H24N8. The van der Waals surface area contributed by atoms with Crippen LogP contribution in [-0.2, 0) is 19.3 Å². The van der Waals surface area contributed by atoms with Crippen LogP contribution in [0.15, 0.2) is 12.4 Å². The molecule has 8 nitrogen and oxygen atoms in total. The number of rotatable bonds is 3. The van der Waals surface area contributed by atoms with Gasteiger partial charge < -0.3 is 9.80 Å². The van der Waals surface area contributed by atoms with Crippen LogP contribution in [0.2, 0.25) is 0 Å². The van der Waals surface area contributed by atoms with Gasteiger partial charge in [0.1, 0.15) is 17.5 Å². The van der Waals surface area contributed by atoms with Gasteiger partial charge in [-0.15, -0.1) is 10.2 Å². The molecule has 0 spiro atoms. The number of nitrogens with zero attached hydrogens (tertiary/aromatic N) is 8. The lowest BCUT2D eigenvalue weighted by molar-refractivity contribution is 0.637. The minimum absolute atomic E-state index is 0.849. The molecule has 2 aliphatic rings. The number of aryl methyl sites for hydroxylation is 3. The molecule has 4 heterocycles. The largest absolute Gasteiger partial charge is 0.353 e. The fourth-order valence-corrected chi connectivity index (χ4v) is 4.25. The Balaban J connectivity index is 1.39. The molecule has 140 valence electrons. The number of piperazine rings is 1. The third kappa shape index (κ3) is 2.70. The summed E-state index contributed by atoms with van der Waals surface area (Å²) >= 11 is 0. The average Bonchev–Trinajstić information content (AvgIpc) is 3.33.